The van der Waals surface area contributed by atoms with E-state index in [0.717, 1.165) is 0 Å². The van der Waals surface area contributed by atoms with Crippen LogP contribution in [0.4, 0.5) is 5.95 Å². The van der Waals surface area contributed by atoms with Crippen molar-refractivity contribution in [2.24, 2.45) is 11.7 Å². The van der Waals surface area contributed by atoms with Crippen molar-refractivity contribution in [3.63, 3.8) is 0 Å². The third kappa shape index (κ3) is 1.34. The molecule has 9 nitrogen and oxygen atoms in total. The van der Waals surface area contributed by atoms with Crippen LogP contribution in [0.5, 0.6) is 5.88 Å². The molecule has 108 valence electrons. The van der Waals surface area contributed by atoms with E-state index in [0.29, 0.717) is 5.95 Å². The van der Waals surface area contributed by atoms with Gasteiger partial charge in [0.15, 0.2) is 0 Å². The number of carbonyl (C=O) groups excluding carboxylic acids is 3. The van der Waals surface area contributed by atoms with Crippen molar-refractivity contribution in [3.8, 4) is 5.88 Å². The average Bonchev–Trinajstić information content (AvgIpc) is 2.91. The van der Waals surface area contributed by atoms with Crippen LogP contribution < -0.4 is 10.6 Å². The maximum Gasteiger partial charge on any atom is 0.337 e. The first-order chi connectivity index (χ1) is 9.99. The molecule has 0 saturated carbocycles. The normalized spacial score (nSPS) is 28.6. The first-order valence-corrected chi connectivity index (χ1v) is 6.29. The Labute approximate surface area is 117 Å². The average molecular weight is 290 g/mol. The zero-order chi connectivity index (χ0) is 14.9. The van der Waals surface area contributed by atoms with Crippen molar-refractivity contribution < 1.29 is 24.2 Å². The van der Waals surface area contributed by atoms with Gasteiger partial charge in [-0.05, 0) is 6.08 Å². The molecule has 0 aromatic carbocycles. The Morgan fingerprint density at radius 3 is 2.90 bits per heavy atom. The number of nitrogens with two attached hydrogens (primary N) is 1. The summed E-state index contributed by atoms with van der Waals surface area (Å²) in [7, 11) is 0. The van der Waals surface area contributed by atoms with Crippen LogP contribution in [0, 0.1) is 5.92 Å². The topological polar surface area (TPSA) is 128 Å². The SMILES string of the molecule is NC(=O)Cc1c(O)nc2n1[C@H]1C=CN2[C@@H]2C(=O)OC(=O)[C@@H]21. The maximum atomic E-state index is 11.9. The van der Waals surface area contributed by atoms with E-state index in [2.05, 4.69) is 9.72 Å². The second-order valence-electron chi connectivity index (χ2n) is 5.15. The second kappa shape index (κ2) is 3.62. The summed E-state index contributed by atoms with van der Waals surface area (Å²) in [5, 5.41) is 9.91. The van der Waals surface area contributed by atoms with Crippen LogP contribution in [0.2, 0.25) is 0 Å². The van der Waals surface area contributed by atoms with E-state index in [9.17, 15) is 19.5 Å². The molecule has 1 saturated heterocycles. The van der Waals surface area contributed by atoms with Gasteiger partial charge in [-0.2, -0.15) is 4.98 Å². The third-order valence-corrected chi connectivity index (χ3v) is 4.01. The van der Waals surface area contributed by atoms with Crippen LogP contribution >= 0.6 is 0 Å². The monoisotopic (exact) mass is 290 g/mol. The third-order valence-electron chi connectivity index (χ3n) is 4.01. The number of cyclic esters (lactones) is 2. The highest BCUT2D eigenvalue weighted by atomic mass is 16.6. The highest BCUT2D eigenvalue weighted by molar-refractivity contribution is 6.02. The van der Waals surface area contributed by atoms with Crippen LogP contribution in [0.25, 0.3) is 0 Å². The van der Waals surface area contributed by atoms with Crippen molar-refractivity contribution in [1.82, 2.24) is 9.55 Å². The van der Waals surface area contributed by atoms with Gasteiger partial charge in [-0.1, -0.05) is 0 Å². The minimum Gasteiger partial charge on any atom is -0.492 e. The molecule has 1 fully saturated rings. The molecule has 5 heterocycles. The summed E-state index contributed by atoms with van der Waals surface area (Å²) in [5.74, 6) is -2.63. The van der Waals surface area contributed by atoms with Gasteiger partial charge in [0.2, 0.25) is 17.7 Å². The number of amides is 1. The Morgan fingerprint density at radius 2 is 2.19 bits per heavy atom. The Morgan fingerprint density at radius 1 is 1.43 bits per heavy atom. The predicted molar refractivity (Wildman–Crippen MR) is 65.8 cm³/mol. The summed E-state index contributed by atoms with van der Waals surface area (Å²) in [4.78, 5) is 40.3. The molecule has 5 rings (SSSR count). The van der Waals surface area contributed by atoms with Crippen molar-refractivity contribution >= 4 is 23.8 Å². The largest absolute Gasteiger partial charge is 0.492 e. The highest BCUT2D eigenvalue weighted by Gasteiger charge is 2.58. The molecular weight excluding hydrogens is 280 g/mol. The van der Waals surface area contributed by atoms with Gasteiger partial charge in [0.1, 0.15) is 12.0 Å². The first kappa shape index (κ1) is 11.9. The second-order valence-corrected chi connectivity index (χ2v) is 5.15. The summed E-state index contributed by atoms with van der Waals surface area (Å²) in [6.07, 6.45) is 3.12. The number of esters is 2. The number of nitrogens with zero attached hydrogens (tertiary/aromatic N) is 3. The van der Waals surface area contributed by atoms with Crippen molar-refractivity contribution in [2.75, 3.05) is 4.90 Å². The molecule has 21 heavy (non-hydrogen) atoms. The van der Waals surface area contributed by atoms with Crippen molar-refractivity contribution in [3.05, 3.63) is 18.0 Å². The Hall–Kier alpha value is -2.84. The van der Waals surface area contributed by atoms with E-state index < -0.39 is 35.8 Å². The molecule has 9 heteroatoms. The Kier molecular flexibility index (Phi) is 2.06. The number of ether oxygens (including phenoxy) is 1. The van der Waals surface area contributed by atoms with E-state index in [1.807, 2.05) is 0 Å². The lowest BCUT2D eigenvalue weighted by Crippen LogP contribution is -2.52. The molecule has 1 aromatic heterocycles. The van der Waals surface area contributed by atoms with Crippen LogP contribution in [0.3, 0.4) is 0 Å². The Bertz CT molecular complexity index is 736. The number of primary amides is 1. The van der Waals surface area contributed by atoms with Crippen LogP contribution in [-0.4, -0.2) is 38.5 Å². The first-order valence-electron chi connectivity index (χ1n) is 6.29. The highest BCUT2D eigenvalue weighted by Crippen LogP contribution is 2.47. The smallest absolute Gasteiger partial charge is 0.337 e. The number of aromatic nitrogens is 2. The van der Waals surface area contributed by atoms with E-state index in [1.165, 1.54) is 4.90 Å². The van der Waals surface area contributed by atoms with Crippen molar-refractivity contribution in [2.45, 2.75) is 18.5 Å². The summed E-state index contributed by atoms with van der Waals surface area (Å²) < 4.78 is 6.24. The quantitative estimate of drug-likeness (QED) is 0.505. The lowest BCUT2D eigenvalue weighted by atomic mass is 9.87. The maximum absolute atomic E-state index is 11.9. The van der Waals surface area contributed by atoms with Crippen LogP contribution in [0.15, 0.2) is 12.3 Å². The molecule has 3 atom stereocenters. The standard InChI is InChI=1S/C12H10N4O5/c13-6(17)3-5-9(18)14-12-15-2-1-4(16(5)12)7-8(15)11(20)21-10(7)19/h1-2,4,7-8,18H,3H2,(H2,13,17)/t4-,7+,8-/m0/s1. The van der Waals surface area contributed by atoms with E-state index in [4.69, 9.17) is 5.73 Å². The number of hydrogen-bond acceptors (Lipinski definition) is 7. The fourth-order valence-electron chi connectivity index (χ4n) is 3.21. The van der Waals surface area contributed by atoms with Gasteiger partial charge in [-0.15, -0.1) is 0 Å². The lowest BCUT2D eigenvalue weighted by molar-refractivity contribution is -0.153. The van der Waals surface area contributed by atoms with Gasteiger partial charge in [0.05, 0.1) is 18.2 Å². The number of allylic oxidation sites excluding steroid dienone is 1. The number of imidazole rings is 1. The number of carbonyl (C=O) groups is 3. The fourth-order valence-corrected chi connectivity index (χ4v) is 3.21. The van der Waals surface area contributed by atoms with E-state index in [1.54, 1.807) is 16.8 Å². The van der Waals surface area contributed by atoms with Gasteiger partial charge < -0.3 is 25.0 Å². The Balaban J connectivity index is 1.90. The predicted octanol–water partition coefficient (Wildman–Crippen LogP) is -1.43. The summed E-state index contributed by atoms with van der Waals surface area (Å²) >= 11 is 0. The molecule has 0 radical (unpaired) electrons. The molecule has 1 aromatic rings. The molecule has 0 unspecified atom stereocenters. The van der Waals surface area contributed by atoms with Gasteiger partial charge in [0.25, 0.3) is 0 Å². The lowest BCUT2D eigenvalue weighted by Gasteiger charge is -2.41. The summed E-state index contributed by atoms with van der Waals surface area (Å²) in [6.45, 7) is 0. The van der Waals surface area contributed by atoms with Gasteiger partial charge in [0, 0.05) is 6.20 Å². The van der Waals surface area contributed by atoms with E-state index in [-0.39, 0.29) is 18.0 Å². The minimum absolute atomic E-state index is 0.211. The minimum atomic E-state index is -0.775. The molecule has 4 aliphatic heterocycles. The van der Waals surface area contributed by atoms with Gasteiger partial charge in [-0.25, -0.2) is 4.79 Å². The number of hydrogen-bond donors (Lipinski definition) is 2. The van der Waals surface area contributed by atoms with Crippen LogP contribution in [-0.2, 0) is 25.5 Å². The van der Waals surface area contributed by atoms with Crippen molar-refractivity contribution in [1.29, 1.82) is 0 Å². The summed E-state index contributed by atoms with van der Waals surface area (Å²) in [6, 6.07) is -1.31. The van der Waals surface area contributed by atoms with Gasteiger partial charge in [-0.3, -0.25) is 9.59 Å². The molecule has 4 aliphatic rings. The fraction of sp³-hybridized carbons (Fsp3) is 0.333. The number of rotatable bonds is 2. The molecule has 0 aliphatic carbocycles. The van der Waals surface area contributed by atoms with E-state index >= 15 is 0 Å². The molecule has 1 amide bonds. The number of anilines is 1. The molecular formula is C12H10N4O5. The molecule has 2 bridgehead atoms. The molecule has 3 N–H and O–H groups in total. The zero-order valence-electron chi connectivity index (χ0n) is 10.6. The van der Waals surface area contributed by atoms with Gasteiger partial charge >= 0.3 is 11.9 Å². The zero-order valence-corrected chi connectivity index (χ0v) is 10.6. The van der Waals surface area contributed by atoms with Crippen LogP contribution in [0.1, 0.15) is 11.7 Å². The number of aromatic hydroxyl groups is 1. The molecule has 0 spiro atoms. The summed E-state index contributed by atoms with van der Waals surface area (Å²) in [5.41, 5.74) is 5.40.